The zero-order valence-corrected chi connectivity index (χ0v) is 19.2. The van der Waals surface area contributed by atoms with Gasteiger partial charge < -0.3 is 15.6 Å². The van der Waals surface area contributed by atoms with Crippen molar-refractivity contribution in [1.82, 2.24) is 29.9 Å². The lowest BCUT2D eigenvalue weighted by molar-refractivity contribution is 1.20. The molecule has 172 valence electrons. The van der Waals surface area contributed by atoms with Gasteiger partial charge in [0.05, 0.1) is 34.6 Å². The van der Waals surface area contributed by atoms with Crippen molar-refractivity contribution in [1.29, 1.82) is 5.26 Å². The average molecular weight is 470 g/mol. The van der Waals surface area contributed by atoms with E-state index in [1.165, 1.54) is 0 Å². The van der Waals surface area contributed by atoms with Crippen molar-refractivity contribution in [2.75, 3.05) is 10.6 Å². The Morgan fingerprint density at radius 2 is 1.75 bits per heavy atom. The molecular formula is C27H19N9. The maximum Gasteiger partial charge on any atom is 0.180 e. The molecule has 0 fully saturated rings. The molecule has 0 aliphatic rings. The maximum atomic E-state index is 9.24. The van der Waals surface area contributed by atoms with Crippen molar-refractivity contribution in [3.05, 3.63) is 90.5 Å². The first-order chi connectivity index (χ1) is 17.6. The van der Waals surface area contributed by atoms with E-state index >= 15 is 0 Å². The highest BCUT2D eigenvalue weighted by Gasteiger charge is 2.10. The summed E-state index contributed by atoms with van der Waals surface area (Å²) >= 11 is 0. The van der Waals surface area contributed by atoms with Crippen LogP contribution in [0.3, 0.4) is 0 Å². The van der Waals surface area contributed by atoms with Gasteiger partial charge in [0.2, 0.25) is 0 Å². The third-order valence-electron chi connectivity index (χ3n) is 5.67. The molecule has 0 bridgehead atoms. The van der Waals surface area contributed by atoms with Gasteiger partial charge in [-0.3, -0.25) is 15.0 Å². The van der Waals surface area contributed by atoms with Crippen molar-refractivity contribution in [2.24, 2.45) is 0 Å². The normalized spacial score (nSPS) is 10.9. The lowest BCUT2D eigenvalue weighted by atomic mass is 10.1. The van der Waals surface area contributed by atoms with E-state index in [1.807, 2.05) is 61.5 Å². The monoisotopic (exact) mass is 469 g/mol. The summed E-state index contributed by atoms with van der Waals surface area (Å²) < 4.78 is 0. The van der Waals surface area contributed by atoms with E-state index in [1.54, 1.807) is 24.7 Å². The van der Waals surface area contributed by atoms with Gasteiger partial charge in [0.15, 0.2) is 11.5 Å². The second-order valence-corrected chi connectivity index (χ2v) is 8.22. The number of pyridine rings is 4. The molecule has 0 saturated carbocycles. The van der Waals surface area contributed by atoms with Gasteiger partial charge in [-0.15, -0.1) is 0 Å². The van der Waals surface area contributed by atoms with Gasteiger partial charge in [-0.1, -0.05) is 0 Å². The van der Waals surface area contributed by atoms with Gasteiger partial charge in [-0.25, -0.2) is 9.97 Å². The van der Waals surface area contributed by atoms with Crippen LogP contribution in [0.2, 0.25) is 0 Å². The van der Waals surface area contributed by atoms with Crippen LogP contribution >= 0.6 is 0 Å². The number of hydrogen-bond acceptors (Lipinski definition) is 8. The molecule has 36 heavy (non-hydrogen) atoms. The molecule has 0 aliphatic carbocycles. The fraction of sp³-hybridized carbons (Fsp3) is 0.0370. The second-order valence-electron chi connectivity index (χ2n) is 8.22. The van der Waals surface area contributed by atoms with Gasteiger partial charge in [0.25, 0.3) is 0 Å². The number of nitriles is 1. The van der Waals surface area contributed by atoms with E-state index < -0.39 is 0 Å². The Labute approximate surface area is 205 Å². The molecule has 0 radical (unpaired) electrons. The molecule has 5 aromatic heterocycles. The zero-order valence-electron chi connectivity index (χ0n) is 19.2. The SMILES string of the molecule is Cc1cc(Nc2ccc3[nH]c(-c4ccc(Nc5ccnc6ccc(C#N)cc56)cn4)nc3n2)ccn1. The van der Waals surface area contributed by atoms with Gasteiger partial charge in [-0.05, 0) is 67.6 Å². The number of rotatable bonds is 5. The molecular weight excluding hydrogens is 450 g/mol. The second kappa shape index (κ2) is 8.77. The molecule has 5 heterocycles. The number of imidazole rings is 1. The summed E-state index contributed by atoms with van der Waals surface area (Å²) in [6, 6.07) is 21.0. The number of H-pyrrole nitrogens is 1. The number of anilines is 4. The first kappa shape index (κ1) is 21.2. The molecule has 6 aromatic rings. The molecule has 0 atom stereocenters. The van der Waals surface area contributed by atoms with Gasteiger partial charge in [0.1, 0.15) is 11.5 Å². The fourth-order valence-electron chi connectivity index (χ4n) is 3.94. The van der Waals surface area contributed by atoms with E-state index in [9.17, 15) is 5.26 Å². The largest absolute Gasteiger partial charge is 0.354 e. The minimum Gasteiger partial charge on any atom is -0.354 e. The molecule has 0 aliphatic heterocycles. The summed E-state index contributed by atoms with van der Waals surface area (Å²) in [5.74, 6) is 1.33. The third kappa shape index (κ3) is 4.15. The van der Waals surface area contributed by atoms with E-state index in [-0.39, 0.29) is 0 Å². The Morgan fingerprint density at radius 1 is 0.833 bits per heavy atom. The summed E-state index contributed by atoms with van der Waals surface area (Å²) in [4.78, 5) is 25.7. The quantitative estimate of drug-likeness (QED) is 0.296. The van der Waals surface area contributed by atoms with Crippen LogP contribution in [0.25, 0.3) is 33.6 Å². The third-order valence-corrected chi connectivity index (χ3v) is 5.67. The Kier molecular flexibility index (Phi) is 5.16. The van der Waals surface area contributed by atoms with Crippen molar-refractivity contribution in [3.8, 4) is 17.6 Å². The topological polar surface area (TPSA) is 128 Å². The van der Waals surface area contributed by atoms with Crippen molar-refractivity contribution < 1.29 is 0 Å². The van der Waals surface area contributed by atoms with Crippen LogP contribution in [0.5, 0.6) is 0 Å². The van der Waals surface area contributed by atoms with Crippen molar-refractivity contribution >= 4 is 44.9 Å². The van der Waals surface area contributed by atoms with Crippen molar-refractivity contribution in [2.45, 2.75) is 6.92 Å². The summed E-state index contributed by atoms with van der Waals surface area (Å²) in [6.45, 7) is 1.94. The Hall–Kier alpha value is -5.36. The predicted octanol–water partition coefficient (Wildman–Crippen LogP) is 5.63. The van der Waals surface area contributed by atoms with Gasteiger partial charge >= 0.3 is 0 Å². The molecule has 3 N–H and O–H groups in total. The fourth-order valence-corrected chi connectivity index (χ4v) is 3.94. The average Bonchev–Trinajstić information content (AvgIpc) is 3.33. The number of fused-ring (bicyclic) bond motifs is 2. The predicted molar refractivity (Wildman–Crippen MR) is 139 cm³/mol. The van der Waals surface area contributed by atoms with Crippen LogP contribution in [0, 0.1) is 18.3 Å². The molecule has 0 amide bonds. The minimum atomic E-state index is 0.583. The summed E-state index contributed by atoms with van der Waals surface area (Å²) in [6.07, 6.45) is 5.24. The van der Waals surface area contributed by atoms with E-state index in [0.717, 1.165) is 39.2 Å². The number of nitrogens with one attached hydrogen (secondary N) is 3. The van der Waals surface area contributed by atoms with Crippen LogP contribution < -0.4 is 10.6 Å². The van der Waals surface area contributed by atoms with Gasteiger partial charge in [0, 0.05) is 34.8 Å². The van der Waals surface area contributed by atoms with Crippen LogP contribution in [0.1, 0.15) is 11.3 Å². The Balaban J connectivity index is 1.24. The number of aryl methyl sites for hydroxylation is 1. The summed E-state index contributed by atoms with van der Waals surface area (Å²) in [5, 5.41) is 16.8. The molecule has 0 unspecified atom stereocenters. The first-order valence-corrected chi connectivity index (χ1v) is 11.2. The molecule has 1 aromatic carbocycles. The van der Waals surface area contributed by atoms with Crippen LogP contribution in [0.4, 0.5) is 22.9 Å². The number of nitrogens with zero attached hydrogens (tertiary/aromatic N) is 6. The number of aromatic amines is 1. The van der Waals surface area contributed by atoms with E-state index in [4.69, 9.17) is 0 Å². The van der Waals surface area contributed by atoms with Crippen molar-refractivity contribution in [3.63, 3.8) is 0 Å². The Bertz CT molecular complexity index is 1770. The smallest absolute Gasteiger partial charge is 0.180 e. The number of hydrogen-bond donors (Lipinski definition) is 3. The highest BCUT2D eigenvalue weighted by Crippen LogP contribution is 2.27. The lowest BCUT2D eigenvalue weighted by Gasteiger charge is -2.09. The summed E-state index contributed by atoms with van der Waals surface area (Å²) in [5.41, 5.74) is 7.02. The standard InChI is InChI=1S/C27H19N9/c1-16-12-18(8-10-29-16)33-25-7-6-24-27(35-25)36-26(34-24)23-5-3-19(15-31-23)32-22-9-11-30-21-4-2-17(14-28)13-20(21)22/h2-13,15H,1H3,(H,30,32)(H2,29,33,34,35,36). The molecule has 0 saturated heterocycles. The van der Waals surface area contributed by atoms with E-state index in [0.29, 0.717) is 28.5 Å². The van der Waals surface area contributed by atoms with Crippen LogP contribution in [-0.4, -0.2) is 29.9 Å². The van der Waals surface area contributed by atoms with Gasteiger partial charge in [-0.2, -0.15) is 5.26 Å². The Morgan fingerprint density at radius 3 is 2.58 bits per heavy atom. The molecule has 0 spiro atoms. The maximum absolute atomic E-state index is 9.24. The lowest BCUT2D eigenvalue weighted by Crippen LogP contribution is -1.95. The zero-order chi connectivity index (χ0) is 24.5. The molecule has 9 nitrogen and oxygen atoms in total. The van der Waals surface area contributed by atoms with Crippen LogP contribution in [-0.2, 0) is 0 Å². The number of benzene rings is 1. The van der Waals surface area contributed by atoms with Crippen LogP contribution in [0.15, 0.2) is 79.3 Å². The molecule has 6 rings (SSSR count). The highest BCUT2D eigenvalue weighted by molar-refractivity contribution is 5.93. The number of aromatic nitrogens is 6. The molecule has 9 heteroatoms. The highest BCUT2D eigenvalue weighted by atomic mass is 15.1. The minimum absolute atomic E-state index is 0.583. The van der Waals surface area contributed by atoms with E-state index in [2.05, 4.69) is 46.6 Å². The first-order valence-electron chi connectivity index (χ1n) is 11.2. The summed E-state index contributed by atoms with van der Waals surface area (Å²) in [7, 11) is 0.